The van der Waals surface area contributed by atoms with Crippen LogP contribution in [0.4, 0.5) is 0 Å². The maximum Gasteiger partial charge on any atom is 0.337 e. The van der Waals surface area contributed by atoms with Crippen LogP contribution in [0.5, 0.6) is 0 Å². The fourth-order valence-electron chi connectivity index (χ4n) is 4.00. The van der Waals surface area contributed by atoms with Crippen LogP contribution in [0.3, 0.4) is 0 Å². The molecule has 35 heavy (non-hydrogen) atoms. The molecule has 0 spiro atoms. The molecule has 0 atom stereocenters. The molecule has 1 heterocycles. The summed E-state index contributed by atoms with van der Waals surface area (Å²) in [6.07, 6.45) is 0. The van der Waals surface area contributed by atoms with Gasteiger partial charge in [-0.05, 0) is 41.1 Å². The normalized spacial score (nSPS) is 14.5. The lowest BCUT2D eigenvalue weighted by molar-refractivity contribution is 0.0597. The molecule has 0 aliphatic carbocycles. The first-order valence-electron chi connectivity index (χ1n) is 10.8. The van der Waals surface area contributed by atoms with E-state index in [2.05, 4.69) is 9.47 Å². The molecule has 0 aromatic heterocycles. The van der Waals surface area contributed by atoms with Gasteiger partial charge in [0, 0.05) is 31.7 Å². The molecule has 182 valence electrons. The van der Waals surface area contributed by atoms with Gasteiger partial charge in [0.15, 0.2) is 0 Å². The summed E-state index contributed by atoms with van der Waals surface area (Å²) in [6.45, 7) is 0.534. The van der Waals surface area contributed by atoms with Gasteiger partial charge in [-0.2, -0.15) is 4.31 Å². The number of nitrogens with zero attached hydrogens (tertiary/aromatic N) is 2. The molecular weight excluding hydrogens is 472 g/mol. The third kappa shape index (κ3) is 4.89. The zero-order valence-electron chi connectivity index (χ0n) is 19.3. The van der Waals surface area contributed by atoms with Crippen LogP contribution in [0.1, 0.15) is 31.1 Å². The summed E-state index contributed by atoms with van der Waals surface area (Å²) in [5.41, 5.74) is 0.367. The smallest absolute Gasteiger partial charge is 0.337 e. The lowest BCUT2D eigenvalue weighted by atomic mass is 10.1. The van der Waals surface area contributed by atoms with E-state index < -0.39 is 22.0 Å². The van der Waals surface area contributed by atoms with Gasteiger partial charge in [-0.25, -0.2) is 18.0 Å². The van der Waals surface area contributed by atoms with Gasteiger partial charge in [-0.3, -0.25) is 4.79 Å². The minimum atomic E-state index is -4.05. The van der Waals surface area contributed by atoms with E-state index in [1.165, 1.54) is 22.5 Å². The highest BCUT2D eigenvalue weighted by Gasteiger charge is 2.32. The first-order valence-corrected chi connectivity index (χ1v) is 12.3. The Labute approximate surface area is 202 Å². The third-order valence-corrected chi connectivity index (χ3v) is 7.79. The minimum Gasteiger partial charge on any atom is -0.465 e. The van der Waals surface area contributed by atoms with Crippen molar-refractivity contribution < 1.29 is 32.3 Å². The molecule has 4 rings (SSSR count). The Balaban J connectivity index is 1.53. The summed E-state index contributed by atoms with van der Waals surface area (Å²) in [7, 11) is -1.73. The van der Waals surface area contributed by atoms with Gasteiger partial charge in [0.25, 0.3) is 5.91 Å². The Morgan fingerprint density at radius 1 is 0.714 bits per heavy atom. The predicted octanol–water partition coefficient (Wildman–Crippen LogP) is 2.56. The molecule has 0 N–H and O–H groups in total. The monoisotopic (exact) mass is 496 g/mol. The van der Waals surface area contributed by atoms with Crippen molar-refractivity contribution in [3.05, 3.63) is 77.4 Å². The third-order valence-electron chi connectivity index (χ3n) is 5.91. The van der Waals surface area contributed by atoms with Crippen molar-refractivity contribution in [1.82, 2.24) is 9.21 Å². The SMILES string of the molecule is COC(=O)c1cc(C(=O)OC)cc(S(=O)(=O)N2CCN(C(=O)c3ccc4ccccc4c3)CC2)c1. The van der Waals surface area contributed by atoms with Crippen LogP contribution in [-0.2, 0) is 19.5 Å². The van der Waals surface area contributed by atoms with Crippen molar-refractivity contribution in [2.45, 2.75) is 4.90 Å². The number of carbonyl (C=O) groups excluding carboxylic acids is 3. The number of carbonyl (C=O) groups is 3. The number of sulfonamides is 1. The molecule has 1 saturated heterocycles. The van der Waals surface area contributed by atoms with Crippen LogP contribution in [0.25, 0.3) is 10.8 Å². The first-order chi connectivity index (χ1) is 16.7. The molecule has 1 aliphatic rings. The van der Waals surface area contributed by atoms with Crippen LogP contribution in [0.2, 0.25) is 0 Å². The van der Waals surface area contributed by atoms with Crippen LogP contribution in [-0.4, -0.2) is 75.9 Å². The van der Waals surface area contributed by atoms with Crippen LogP contribution in [0, 0.1) is 0 Å². The second kappa shape index (κ2) is 9.85. The molecule has 3 aromatic rings. The summed E-state index contributed by atoms with van der Waals surface area (Å²) in [5, 5.41) is 1.98. The zero-order chi connectivity index (χ0) is 25.2. The molecule has 1 aliphatic heterocycles. The zero-order valence-corrected chi connectivity index (χ0v) is 20.1. The molecule has 0 unspecified atom stereocenters. The second-order valence-corrected chi connectivity index (χ2v) is 9.93. The molecule has 1 amide bonds. The highest BCUT2D eigenvalue weighted by atomic mass is 32.2. The Bertz CT molecular complexity index is 1380. The van der Waals surface area contributed by atoms with Crippen molar-refractivity contribution in [3.63, 3.8) is 0 Å². The number of ether oxygens (including phenoxy) is 2. The maximum absolute atomic E-state index is 13.3. The average molecular weight is 497 g/mol. The molecule has 0 saturated carbocycles. The average Bonchev–Trinajstić information content (AvgIpc) is 2.91. The Morgan fingerprint density at radius 2 is 1.29 bits per heavy atom. The number of hydrogen-bond acceptors (Lipinski definition) is 7. The largest absolute Gasteiger partial charge is 0.465 e. The van der Waals surface area contributed by atoms with Crippen LogP contribution < -0.4 is 0 Å². The lowest BCUT2D eigenvalue weighted by Crippen LogP contribution is -2.50. The Morgan fingerprint density at radius 3 is 1.86 bits per heavy atom. The summed E-state index contributed by atoms with van der Waals surface area (Å²) < 4.78 is 37.2. The fraction of sp³-hybridized carbons (Fsp3) is 0.240. The molecule has 0 bridgehead atoms. The van der Waals surface area contributed by atoms with Crippen LogP contribution in [0.15, 0.2) is 65.6 Å². The second-order valence-electron chi connectivity index (χ2n) is 7.99. The molecular formula is C25H24N2O7S. The van der Waals surface area contributed by atoms with E-state index in [1.54, 1.807) is 11.0 Å². The van der Waals surface area contributed by atoms with E-state index in [4.69, 9.17) is 0 Å². The summed E-state index contributed by atoms with van der Waals surface area (Å²) in [5.74, 6) is -1.73. The number of rotatable bonds is 5. The predicted molar refractivity (Wildman–Crippen MR) is 128 cm³/mol. The number of amides is 1. The van der Waals surface area contributed by atoms with Crippen molar-refractivity contribution in [1.29, 1.82) is 0 Å². The van der Waals surface area contributed by atoms with E-state index in [9.17, 15) is 22.8 Å². The Kier molecular flexibility index (Phi) is 6.86. The van der Waals surface area contributed by atoms with Crippen molar-refractivity contribution in [2.75, 3.05) is 40.4 Å². The lowest BCUT2D eigenvalue weighted by Gasteiger charge is -2.34. The molecule has 3 aromatic carbocycles. The van der Waals surface area contributed by atoms with E-state index in [0.29, 0.717) is 5.56 Å². The van der Waals surface area contributed by atoms with Crippen LogP contribution >= 0.6 is 0 Å². The number of benzene rings is 3. The van der Waals surface area contributed by atoms with Crippen molar-refractivity contribution in [2.24, 2.45) is 0 Å². The molecule has 9 nitrogen and oxygen atoms in total. The number of fused-ring (bicyclic) bond motifs is 1. The highest BCUT2D eigenvalue weighted by molar-refractivity contribution is 7.89. The van der Waals surface area contributed by atoms with Gasteiger partial charge >= 0.3 is 11.9 Å². The van der Waals surface area contributed by atoms with E-state index in [0.717, 1.165) is 25.0 Å². The summed E-state index contributed by atoms with van der Waals surface area (Å²) in [4.78, 5) is 38.5. The summed E-state index contributed by atoms with van der Waals surface area (Å²) in [6, 6.07) is 16.8. The van der Waals surface area contributed by atoms with Gasteiger partial charge in [0.05, 0.1) is 30.2 Å². The molecule has 0 radical (unpaired) electrons. The maximum atomic E-state index is 13.3. The number of methoxy groups -OCH3 is 2. The topological polar surface area (TPSA) is 110 Å². The number of hydrogen-bond donors (Lipinski definition) is 0. The standard InChI is InChI=1S/C25H24N2O7S/c1-33-24(29)20-14-21(25(30)34-2)16-22(15-20)35(31,32)27-11-9-26(10-12-27)23(28)19-8-7-17-5-3-4-6-18(17)13-19/h3-8,13-16H,9-12H2,1-2H3. The summed E-state index contributed by atoms with van der Waals surface area (Å²) >= 11 is 0. The quantitative estimate of drug-likeness (QED) is 0.499. The number of esters is 2. The fourth-order valence-corrected chi connectivity index (χ4v) is 5.50. The minimum absolute atomic E-state index is 0.0671. The van der Waals surface area contributed by atoms with Gasteiger partial charge in [-0.15, -0.1) is 0 Å². The van der Waals surface area contributed by atoms with E-state index in [-0.39, 0.29) is 48.1 Å². The van der Waals surface area contributed by atoms with Gasteiger partial charge < -0.3 is 14.4 Å². The molecule has 1 fully saturated rings. The number of piperazine rings is 1. The van der Waals surface area contributed by atoms with Crippen molar-refractivity contribution >= 4 is 38.6 Å². The van der Waals surface area contributed by atoms with Gasteiger partial charge in [-0.1, -0.05) is 30.3 Å². The van der Waals surface area contributed by atoms with Gasteiger partial charge in [0.1, 0.15) is 0 Å². The Hall–Kier alpha value is -3.76. The van der Waals surface area contributed by atoms with Crippen molar-refractivity contribution in [3.8, 4) is 0 Å². The van der Waals surface area contributed by atoms with E-state index in [1.807, 2.05) is 36.4 Å². The highest BCUT2D eigenvalue weighted by Crippen LogP contribution is 2.23. The van der Waals surface area contributed by atoms with Gasteiger partial charge in [0.2, 0.25) is 10.0 Å². The first kappa shape index (κ1) is 24.4. The molecule has 10 heteroatoms. The van der Waals surface area contributed by atoms with E-state index >= 15 is 0 Å².